The zero-order valence-corrected chi connectivity index (χ0v) is 19.8. The summed E-state index contributed by atoms with van der Waals surface area (Å²) in [7, 11) is 0. The molecule has 0 fully saturated rings. The van der Waals surface area contributed by atoms with Crippen molar-refractivity contribution >= 4 is 0 Å². The van der Waals surface area contributed by atoms with Crippen LogP contribution in [-0.2, 0) is 6.42 Å². The van der Waals surface area contributed by atoms with Gasteiger partial charge in [0.05, 0.1) is 12.4 Å². The Labute approximate surface area is 188 Å². The van der Waals surface area contributed by atoms with Crippen LogP contribution in [0, 0.1) is 5.92 Å². The minimum Gasteiger partial charge on any atom is -0.487 e. The molecule has 2 aromatic rings. The SMILES string of the molecule is CCCCCCCCc1ccc(-c2ncc(OCC(F)C(C)CCCCC)cn2)cc1. The third kappa shape index (κ3) is 9.80. The highest BCUT2D eigenvalue weighted by Crippen LogP contribution is 2.20. The Morgan fingerprint density at radius 3 is 2.13 bits per heavy atom. The molecule has 2 unspecified atom stereocenters. The summed E-state index contributed by atoms with van der Waals surface area (Å²) in [6.07, 6.45) is 15.7. The molecule has 4 heteroatoms. The van der Waals surface area contributed by atoms with Gasteiger partial charge in [0.2, 0.25) is 0 Å². The first-order valence-electron chi connectivity index (χ1n) is 12.3. The summed E-state index contributed by atoms with van der Waals surface area (Å²) in [5, 5.41) is 0. The fraction of sp³-hybridized carbons (Fsp3) is 0.630. The number of hydrogen-bond acceptors (Lipinski definition) is 3. The van der Waals surface area contributed by atoms with Gasteiger partial charge in [-0.1, -0.05) is 96.4 Å². The van der Waals surface area contributed by atoms with Gasteiger partial charge in [0, 0.05) is 5.56 Å². The molecule has 3 nitrogen and oxygen atoms in total. The molecule has 0 N–H and O–H groups in total. The predicted molar refractivity (Wildman–Crippen MR) is 128 cm³/mol. The second-order valence-corrected chi connectivity index (χ2v) is 8.76. The van der Waals surface area contributed by atoms with E-state index in [-0.39, 0.29) is 12.5 Å². The van der Waals surface area contributed by atoms with E-state index in [1.165, 1.54) is 44.1 Å². The lowest BCUT2D eigenvalue weighted by atomic mass is 9.99. The van der Waals surface area contributed by atoms with Crippen LogP contribution in [0.25, 0.3) is 11.4 Å². The largest absolute Gasteiger partial charge is 0.487 e. The van der Waals surface area contributed by atoms with Gasteiger partial charge in [-0.2, -0.15) is 0 Å². The first kappa shape index (κ1) is 25.3. The van der Waals surface area contributed by atoms with E-state index in [2.05, 4.69) is 48.1 Å². The molecule has 0 spiro atoms. The van der Waals surface area contributed by atoms with Crippen LogP contribution in [0.5, 0.6) is 5.75 Å². The van der Waals surface area contributed by atoms with E-state index in [9.17, 15) is 4.39 Å². The molecule has 0 bridgehead atoms. The van der Waals surface area contributed by atoms with Gasteiger partial charge in [-0.25, -0.2) is 14.4 Å². The normalized spacial score (nSPS) is 13.2. The Hall–Kier alpha value is -1.97. The smallest absolute Gasteiger partial charge is 0.159 e. The average Bonchev–Trinajstić information content (AvgIpc) is 2.80. The number of hydrogen-bond donors (Lipinski definition) is 0. The van der Waals surface area contributed by atoms with Crippen molar-refractivity contribution in [2.45, 2.75) is 97.6 Å². The highest BCUT2D eigenvalue weighted by Gasteiger charge is 2.17. The van der Waals surface area contributed by atoms with Crippen LogP contribution in [0.2, 0.25) is 0 Å². The van der Waals surface area contributed by atoms with Gasteiger partial charge in [0.1, 0.15) is 12.8 Å². The molecule has 1 aromatic carbocycles. The van der Waals surface area contributed by atoms with Crippen molar-refractivity contribution < 1.29 is 9.13 Å². The molecule has 0 saturated heterocycles. The Bertz CT molecular complexity index is 702. The van der Waals surface area contributed by atoms with E-state index in [0.29, 0.717) is 11.6 Å². The number of nitrogens with zero attached hydrogens (tertiary/aromatic N) is 2. The van der Waals surface area contributed by atoms with Gasteiger partial charge in [0.25, 0.3) is 0 Å². The lowest BCUT2D eigenvalue weighted by molar-refractivity contribution is 0.141. The van der Waals surface area contributed by atoms with Crippen molar-refractivity contribution in [2.75, 3.05) is 6.61 Å². The third-order valence-electron chi connectivity index (χ3n) is 5.95. The van der Waals surface area contributed by atoms with Crippen LogP contribution in [-0.4, -0.2) is 22.7 Å². The second kappa shape index (κ2) is 14.9. The van der Waals surface area contributed by atoms with Crippen LogP contribution in [0.3, 0.4) is 0 Å². The fourth-order valence-electron chi connectivity index (χ4n) is 3.71. The van der Waals surface area contributed by atoms with E-state index in [1.54, 1.807) is 12.4 Å². The minimum atomic E-state index is -0.962. The number of aromatic nitrogens is 2. The van der Waals surface area contributed by atoms with E-state index in [4.69, 9.17) is 4.74 Å². The Morgan fingerprint density at radius 1 is 0.839 bits per heavy atom. The van der Waals surface area contributed by atoms with Gasteiger partial charge in [-0.15, -0.1) is 0 Å². The molecule has 0 amide bonds. The van der Waals surface area contributed by atoms with Crippen molar-refractivity contribution in [2.24, 2.45) is 5.92 Å². The summed E-state index contributed by atoms with van der Waals surface area (Å²) < 4.78 is 19.9. The molecular weight excluding hydrogens is 387 g/mol. The maximum Gasteiger partial charge on any atom is 0.159 e. The number of benzene rings is 1. The molecule has 0 aliphatic heterocycles. The molecule has 1 aromatic heterocycles. The Balaban J connectivity index is 1.75. The molecule has 2 atom stereocenters. The highest BCUT2D eigenvalue weighted by atomic mass is 19.1. The lowest BCUT2D eigenvalue weighted by Crippen LogP contribution is -2.21. The molecule has 1 heterocycles. The first-order chi connectivity index (χ1) is 15.1. The average molecular weight is 429 g/mol. The molecule has 172 valence electrons. The second-order valence-electron chi connectivity index (χ2n) is 8.76. The van der Waals surface area contributed by atoms with Crippen molar-refractivity contribution in [3.05, 3.63) is 42.2 Å². The van der Waals surface area contributed by atoms with Crippen molar-refractivity contribution in [1.29, 1.82) is 0 Å². The van der Waals surface area contributed by atoms with Crippen LogP contribution in [0.4, 0.5) is 4.39 Å². The first-order valence-corrected chi connectivity index (χ1v) is 12.3. The van der Waals surface area contributed by atoms with E-state index >= 15 is 0 Å². The summed E-state index contributed by atoms with van der Waals surface area (Å²) in [6, 6.07) is 8.50. The maximum atomic E-state index is 14.3. The number of ether oxygens (including phenoxy) is 1. The van der Waals surface area contributed by atoms with Crippen LogP contribution < -0.4 is 4.74 Å². The summed E-state index contributed by atoms with van der Waals surface area (Å²) in [6.45, 7) is 6.43. The summed E-state index contributed by atoms with van der Waals surface area (Å²) >= 11 is 0. The number of aryl methyl sites for hydroxylation is 1. The number of rotatable bonds is 16. The van der Waals surface area contributed by atoms with E-state index in [0.717, 1.165) is 37.7 Å². The number of unbranched alkanes of at least 4 members (excludes halogenated alkanes) is 7. The summed E-state index contributed by atoms with van der Waals surface area (Å²) in [4.78, 5) is 8.81. The molecule has 0 saturated carbocycles. The Kier molecular flexibility index (Phi) is 12.2. The van der Waals surface area contributed by atoms with E-state index < -0.39 is 6.17 Å². The molecule has 2 rings (SSSR count). The van der Waals surface area contributed by atoms with Crippen molar-refractivity contribution in [1.82, 2.24) is 9.97 Å². The maximum absolute atomic E-state index is 14.3. The number of halogens is 1. The van der Waals surface area contributed by atoms with Gasteiger partial charge in [0.15, 0.2) is 11.6 Å². The monoisotopic (exact) mass is 428 g/mol. The zero-order valence-electron chi connectivity index (χ0n) is 19.8. The lowest BCUT2D eigenvalue weighted by Gasteiger charge is -2.17. The topological polar surface area (TPSA) is 35.0 Å². The number of alkyl halides is 1. The van der Waals surface area contributed by atoms with Gasteiger partial charge >= 0.3 is 0 Å². The zero-order chi connectivity index (χ0) is 22.3. The van der Waals surface area contributed by atoms with Gasteiger partial charge in [-0.05, 0) is 30.7 Å². The molecule has 0 aliphatic carbocycles. The highest BCUT2D eigenvalue weighted by molar-refractivity contribution is 5.55. The standard InChI is InChI=1S/C27H41FN2O/c1-4-6-8-9-10-12-14-23-15-17-24(18-16-23)27-29-19-25(20-30-27)31-21-26(28)22(3)13-11-7-5-2/h15-20,22,26H,4-14,21H2,1-3H3. The van der Waals surface area contributed by atoms with Gasteiger partial charge < -0.3 is 4.74 Å². The van der Waals surface area contributed by atoms with Crippen LogP contribution in [0.1, 0.15) is 90.5 Å². The predicted octanol–water partition coefficient (Wildman–Crippen LogP) is 7.98. The Morgan fingerprint density at radius 2 is 1.45 bits per heavy atom. The van der Waals surface area contributed by atoms with Gasteiger partial charge in [-0.3, -0.25) is 0 Å². The van der Waals surface area contributed by atoms with E-state index in [1.807, 2.05) is 6.92 Å². The fourth-order valence-corrected chi connectivity index (χ4v) is 3.71. The molecule has 31 heavy (non-hydrogen) atoms. The summed E-state index contributed by atoms with van der Waals surface area (Å²) in [5.41, 5.74) is 2.35. The molecular formula is C27H41FN2O. The quantitative estimate of drug-likeness (QED) is 0.254. The summed E-state index contributed by atoms with van der Waals surface area (Å²) in [5.74, 6) is 1.21. The molecule has 0 aliphatic rings. The van der Waals surface area contributed by atoms with Crippen LogP contribution >= 0.6 is 0 Å². The molecule has 0 radical (unpaired) electrons. The third-order valence-corrected chi connectivity index (χ3v) is 5.95. The van der Waals surface area contributed by atoms with Crippen molar-refractivity contribution in [3.63, 3.8) is 0 Å². The van der Waals surface area contributed by atoms with Crippen molar-refractivity contribution in [3.8, 4) is 17.1 Å². The van der Waals surface area contributed by atoms with Crippen LogP contribution in [0.15, 0.2) is 36.7 Å². The minimum absolute atomic E-state index is 0.0154.